The van der Waals surface area contributed by atoms with Crippen LogP contribution in [0.5, 0.6) is 5.75 Å². The second-order valence-corrected chi connectivity index (χ2v) is 6.69. The molecule has 1 saturated heterocycles. The third-order valence-electron chi connectivity index (χ3n) is 5.15. The van der Waals surface area contributed by atoms with Gasteiger partial charge in [-0.25, -0.2) is 4.39 Å². The number of ether oxygens (including phenoxy) is 1. The number of fused-ring (bicyclic) bond motifs is 1. The Morgan fingerprint density at radius 1 is 1.43 bits per heavy atom. The van der Waals surface area contributed by atoms with Gasteiger partial charge in [0.25, 0.3) is 0 Å². The number of aromatic nitrogens is 1. The Morgan fingerprint density at radius 2 is 2.18 bits per heavy atom. The van der Waals surface area contributed by atoms with Crippen molar-refractivity contribution in [2.24, 2.45) is 11.8 Å². The van der Waals surface area contributed by atoms with Crippen LogP contribution in [0.4, 0.5) is 4.39 Å². The normalized spacial score (nSPS) is 20.0. The fourth-order valence-electron chi connectivity index (χ4n) is 3.70. The maximum atomic E-state index is 14.4. The minimum atomic E-state index is -1.03. The third kappa shape index (κ3) is 5.23. The van der Waals surface area contributed by atoms with Gasteiger partial charge in [0.1, 0.15) is 11.6 Å². The lowest BCUT2D eigenvalue weighted by atomic mass is 9.82. The lowest BCUT2D eigenvalue weighted by Gasteiger charge is -2.30. The summed E-state index contributed by atoms with van der Waals surface area (Å²) in [6.45, 7) is 1.19. The number of aliphatic carboxylic acids is 1. The average Bonchev–Trinajstić information content (AvgIpc) is 2.65. The van der Waals surface area contributed by atoms with Crippen molar-refractivity contribution >= 4 is 41.7 Å². The third-order valence-corrected chi connectivity index (χ3v) is 5.15. The molecule has 3 N–H and O–H groups in total. The number of carbonyl (C=O) groups is 1. The molecule has 3 atom stereocenters. The number of hydrogen-bond donors (Lipinski definition) is 3. The summed E-state index contributed by atoms with van der Waals surface area (Å²) in [5.41, 5.74) is 0.765. The number of benzene rings is 1. The molecule has 1 aromatic carbocycles. The molecule has 28 heavy (non-hydrogen) atoms. The first kappa shape index (κ1) is 24.4. The van der Waals surface area contributed by atoms with Crippen LogP contribution in [-0.2, 0) is 4.79 Å². The van der Waals surface area contributed by atoms with Crippen molar-refractivity contribution < 1.29 is 24.1 Å². The van der Waals surface area contributed by atoms with E-state index in [1.54, 1.807) is 18.2 Å². The van der Waals surface area contributed by atoms with Crippen molar-refractivity contribution in [1.29, 1.82) is 0 Å². The predicted molar refractivity (Wildman–Crippen MR) is 109 cm³/mol. The van der Waals surface area contributed by atoms with Gasteiger partial charge in [0.15, 0.2) is 0 Å². The summed E-state index contributed by atoms with van der Waals surface area (Å²) >= 11 is 0. The van der Waals surface area contributed by atoms with Gasteiger partial charge in [-0.15, -0.1) is 24.8 Å². The van der Waals surface area contributed by atoms with Gasteiger partial charge in [-0.1, -0.05) is 0 Å². The van der Waals surface area contributed by atoms with Gasteiger partial charge >= 0.3 is 5.97 Å². The number of nitrogens with zero attached hydrogens (tertiary/aromatic N) is 1. The summed E-state index contributed by atoms with van der Waals surface area (Å²) in [6.07, 6.45) is 1.63. The molecule has 0 spiro atoms. The van der Waals surface area contributed by atoms with Gasteiger partial charge in [-0.2, -0.15) is 0 Å². The monoisotopic (exact) mass is 434 g/mol. The highest BCUT2D eigenvalue weighted by Gasteiger charge is 2.31. The van der Waals surface area contributed by atoms with Gasteiger partial charge in [0.05, 0.1) is 30.8 Å². The molecule has 6 nitrogen and oxygen atoms in total. The van der Waals surface area contributed by atoms with E-state index >= 15 is 0 Å². The lowest BCUT2D eigenvalue weighted by Crippen LogP contribution is -2.40. The maximum Gasteiger partial charge on any atom is 0.308 e. The second kappa shape index (κ2) is 10.8. The van der Waals surface area contributed by atoms with Crippen LogP contribution in [0, 0.1) is 17.7 Å². The van der Waals surface area contributed by atoms with Crippen LogP contribution in [0.2, 0.25) is 0 Å². The van der Waals surface area contributed by atoms with Crippen LogP contribution >= 0.6 is 24.8 Å². The Labute approximate surface area is 175 Å². The number of rotatable bonds is 6. The largest absolute Gasteiger partial charge is 0.497 e. The molecule has 0 bridgehead atoms. The number of methoxy groups -OCH3 is 1. The van der Waals surface area contributed by atoms with E-state index in [-0.39, 0.29) is 36.3 Å². The Bertz CT molecular complexity index is 809. The number of pyridine rings is 1. The summed E-state index contributed by atoms with van der Waals surface area (Å²) in [5, 5.41) is 23.6. The van der Waals surface area contributed by atoms with Gasteiger partial charge in [0.2, 0.25) is 0 Å². The van der Waals surface area contributed by atoms with Gasteiger partial charge in [-0.05, 0) is 49.9 Å². The van der Waals surface area contributed by atoms with E-state index < -0.39 is 23.8 Å². The zero-order valence-electron chi connectivity index (χ0n) is 15.4. The molecule has 2 heterocycles. The van der Waals surface area contributed by atoms with Crippen LogP contribution in [0.1, 0.15) is 30.9 Å². The van der Waals surface area contributed by atoms with Crippen LogP contribution in [0.3, 0.4) is 0 Å². The minimum Gasteiger partial charge on any atom is -0.497 e. The maximum absolute atomic E-state index is 14.4. The first-order chi connectivity index (χ1) is 12.5. The van der Waals surface area contributed by atoms with E-state index in [4.69, 9.17) is 4.74 Å². The minimum absolute atomic E-state index is 0. The van der Waals surface area contributed by atoms with E-state index in [0.717, 1.165) is 19.2 Å². The molecule has 0 amide bonds. The molecule has 0 aliphatic carbocycles. The highest BCUT2D eigenvalue weighted by molar-refractivity contribution is 5.86. The predicted octanol–water partition coefficient (Wildman–Crippen LogP) is 3.35. The molecule has 1 aliphatic heterocycles. The lowest BCUT2D eigenvalue weighted by molar-refractivity contribution is -0.144. The van der Waals surface area contributed by atoms with E-state index in [1.807, 2.05) is 0 Å². The molecular weight excluding hydrogens is 410 g/mol. The molecule has 0 radical (unpaired) electrons. The Balaban J connectivity index is 0.00000196. The molecule has 156 valence electrons. The number of aliphatic hydroxyl groups excluding tert-OH is 1. The molecule has 1 aliphatic rings. The van der Waals surface area contributed by atoms with Gasteiger partial charge < -0.3 is 20.3 Å². The Hall–Kier alpha value is -1.67. The second-order valence-electron chi connectivity index (χ2n) is 6.69. The number of nitrogens with one attached hydrogen (secondary N) is 1. The van der Waals surface area contributed by atoms with Crippen molar-refractivity contribution in [3.63, 3.8) is 0 Å². The topological polar surface area (TPSA) is 91.7 Å². The van der Waals surface area contributed by atoms with Crippen molar-refractivity contribution in [3.8, 4) is 5.75 Å². The van der Waals surface area contributed by atoms with Crippen molar-refractivity contribution in [1.82, 2.24) is 10.3 Å². The number of carboxylic acid groups (broad SMARTS) is 1. The average molecular weight is 435 g/mol. The number of piperidine rings is 1. The molecule has 0 saturated carbocycles. The fourth-order valence-corrected chi connectivity index (χ4v) is 3.70. The smallest absolute Gasteiger partial charge is 0.308 e. The molecule has 1 aromatic heterocycles. The zero-order valence-corrected chi connectivity index (χ0v) is 17.1. The fraction of sp³-hybridized carbons (Fsp3) is 0.474. The van der Waals surface area contributed by atoms with Gasteiger partial charge in [-0.3, -0.25) is 9.78 Å². The SMILES string of the molecule is COc1ccc2ncc(F)c([C@H](O)CCC3CCNC[C@H]3C(=O)O)c2c1.Cl.Cl. The van der Waals surface area contributed by atoms with Crippen LogP contribution in [0.15, 0.2) is 24.4 Å². The van der Waals surface area contributed by atoms with Crippen molar-refractivity contribution in [2.75, 3.05) is 20.2 Å². The molecule has 9 heteroatoms. The highest BCUT2D eigenvalue weighted by Crippen LogP contribution is 2.33. The molecule has 1 unspecified atom stereocenters. The summed E-state index contributed by atoms with van der Waals surface area (Å²) in [7, 11) is 1.52. The standard InChI is InChI=1S/C19H23FN2O4.2ClH/c1-26-12-3-4-16-13(8-12)18(15(20)10-22-16)17(23)5-2-11-6-7-21-9-14(11)19(24)25;;/h3-4,8,10-11,14,17,21,23H,2,5-7,9H2,1H3,(H,24,25);2*1H/t11?,14-,17-;;/m1../s1. The first-order valence-corrected chi connectivity index (χ1v) is 8.75. The summed E-state index contributed by atoms with van der Waals surface area (Å²) < 4.78 is 19.6. The Kier molecular flexibility index (Phi) is 9.36. The van der Waals surface area contributed by atoms with E-state index in [2.05, 4.69) is 10.3 Å². The van der Waals surface area contributed by atoms with Crippen LogP contribution < -0.4 is 10.1 Å². The van der Waals surface area contributed by atoms with Crippen molar-refractivity contribution in [2.45, 2.75) is 25.4 Å². The van der Waals surface area contributed by atoms with E-state index in [9.17, 15) is 19.4 Å². The molecule has 1 fully saturated rings. The number of hydrogen-bond acceptors (Lipinski definition) is 5. The summed E-state index contributed by atoms with van der Waals surface area (Å²) in [6, 6.07) is 5.11. The van der Waals surface area contributed by atoms with Crippen LogP contribution in [-0.4, -0.2) is 41.4 Å². The molecule has 3 rings (SSSR count). The highest BCUT2D eigenvalue weighted by atomic mass is 35.5. The quantitative estimate of drug-likeness (QED) is 0.645. The van der Waals surface area contributed by atoms with E-state index in [0.29, 0.717) is 36.0 Å². The Morgan fingerprint density at radius 3 is 2.86 bits per heavy atom. The summed E-state index contributed by atoms with van der Waals surface area (Å²) in [5.74, 6) is -1.35. The van der Waals surface area contributed by atoms with Gasteiger partial charge in [0, 0.05) is 17.5 Å². The number of carboxylic acids is 1. The van der Waals surface area contributed by atoms with E-state index in [1.165, 1.54) is 7.11 Å². The molecular formula is C19H25Cl2FN2O4. The summed E-state index contributed by atoms with van der Waals surface area (Å²) in [4.78, 5) is 15.5. The number of aliphatic hydroxyl groups is 1. The number of halogens is 3. The van der Waals surface area contributed by atoms with Crippen LogP contribution in [0.25, 0.3) is 10.9 Å². The zero-order chi connectivity index (χ0) is 18.7. The van der Waals surface area contributed by atoms with Crippen molar-refractivity contribution in [3.05, 3.63) is 35.8 Å². The molecule has 2 aromatic rings. The first-order valence-electron chi connectivity index (χ1n) is 8.75.